The van der Waals surface area contributed by atoms with Crippen LogP contribution in [0.2, 0.25) is 0 Å². The van der Waals surface area contributed by atoms with Gasteiger partial charge in [0.25, 0.3) is 5.91 Å². The zero-order chi connectivity index (χ0) is 12.3. The van der Waals surface area contributed by atoms with Gasteiger partial charge in [0.15, 0.2) is 0 Å². The normalized spacial score (nSPS) is 24.4. The van der Waals surface area contributed by atoms with Crippen molar-refractivity contribution in [3.05, 3.63) is 28.5 Å². The summed E-state index contributed by atoms with van der Waals surface area (Å²) in [6.45, 7) is 0. The van der Waals surface area contributed by atoms with Crippen LogP contribution in [0.25, 0.3) is 0 Å². The van der Waals surface area contributed by atoms with E-state index in [1.165, 1.54) is 0 Å². The number of hydrogen-bond acceptors (Lipinski definition) is 3. The van der Waals surface area contributed by atoms with E-state index < -0.39 is 6.10 Å². The Morgan fingerprint density at radius 3 is 2.94 bits per heavy atom. The van der Waals surface area contributed by atoms with Crippen molar-refractivity contribution in [2.75, 3.05) is 0 Å². The molecule has 1 aliphatic rings. The molecule has 0 aromatic carbocycles. The zero-order valence-corrected chi connectivity index (χ0v) is 11.0. The largest absolute Gasteiger partial charge is 0.391 e. The molecule has 1 aromatic heterocycles. The standard InChI is InChI=1S/C12H15BrN2O2/c13-8-4-3-7-14-11(8)12(17)15-9-5-1-2-6-10(9)16/h3-4,7,9-10,16H,1-2,5-6H2,(H,15,17)/t9-,10-/m0/s1. The van der Waals surface area contributed by atoms with Crippen LogP contribution in [-0.2, 0) is 0 Å². The van der Waals surface area contributed by atoms with E-state index in [1.807, 2.05) is 0 Å². The van der Waals surface area contributed by atoms with Gasteiger partial charge in [0, 0.05) is 10.7 Å². The number of rotatable bonds is 2. The molecule has 17 heavy (non-hydrogen) atoms. The minimum absolute atomic E-state index is 0.148. The van der Waals surface area contributed by atoms with Gasteiger partial charge < -0.3 is 10.4 Å². The Morgan fingerprint density at radius 1 is 1.47 bits per heavy atom. The third-order valence-corrected chi connectivity index (χ3v) is 3.66. The SMILES string of the molecule is O=C(N[C@H]1CCCC[C@@H]1O)c1ncccc1Br. The molecule has 1 aliphatic carbocycles. The molecule has 0 bridgehead atoms. The van der Waals surface area contributed by atoms with Crippen LogP contribution in [0.1, 0.15) is 36.2 Å². The van der Waals surface area contributed by atoms with Crippen LogP contribution in [0.5, 0.6) is 0 Å². The topological polar surface area (TPSA) is 62.2 Å². The first-order valence-corrected chi connectivity index (χ1v) is 6.57. The van der Waals surface area contributed by atoms with Crippen LogP contribution in [-0.4, -0.2) is 28.1 Å². The van der Waals surface area contributed by atoms with Crippen LogP contribution >= 0.6 is 15.9 Å². The summed E-state index contributed by atoms with van der Waals surface area (Å²) in [7, 11) is 0. The second-order valence-corrected chi connectivity index (χ2v) is 5.12. The van der Waals surface area contributed by atoms with E-state index >= 15 is 0 Å². The predicted molar refractivity (Wildman–Crippen MR) is 67.7 cm³/mol. The van der Waals surface area contributed by atoms with E-state index in [0.29, 0.717) is 10.2 Å². The summed E-state index contributed by atoms with van der Waals surface area (Å²) in [5.74, 6) is -0.233. The molecule has 1 fully saturated rings. The maximum Gasteiger partial charge on any atom is 0.271 e. The summed E-state index contributed by atoms with van der Waals surface area (Å²) in [4.78, 5) is 16.0. The Morgan fingerprint density at radius 2 is 2.24 bits per heavy atom. The number of nitrogens with one attached hydrogen (secondary N) is 1. The quantitative estimate of drug-likeness (QED) is 0.876. The number of carbonyl (C=O) groups excluding carboxylic acids is 1. The fraction of sp³-hybridized carbons (Fsp3) is 0.500. The molecule has 0 unspecified atom stereocenters. The summed E-state index contributed by atoms with van der Waals surface area (Å²) >= 11 is 3.29. The van der Waals surface area contributed by atoms with Crippen molar-refractivity contribution in [2.45, 2.75) is 37.8 Å². The lowest BCUT2D eigenvalue weighted by Gasteiger charge is -2.28. The third kappa shape index (κ3) is 3.04. The van der Waals surface area contributed by atoms with Gasteiger partial charge in [-0.3, -0.25) is 4.79 Å². The lowest BCUT2D eigenvalue weighted by molar-refractivity contribution is 0.0713. The number of aliphatic hydroxyl groups excluding tert-OH is 1. The van der Waals surface area contributed by atoms with Crippen molar-refractivity contribution < 1.29 is 9.90 Å². The Bertz CT molecular complexity index is 411. The number of aromatic nitrogens is 1. The smallest absolute Gasteiger partial charge is 0.271 e. The van der Waals surface area contributed by atoms with Crippen molar-refractivity contribution in [1.82, 2.24) is 10.3 Å². The van der Waals surface area contributed by atoms with Gasteiger partial charge in [-0.15, -0.1) is 0 Å². The van der Waals surface area contributed by atoms with E-state index in [-0.39, 0.29) is 11.9 Å². The molecule has 0 saturated heterocycles. The molecule has 2 rings (SSSR count). The first kappa shape index (κ1) is 12.5. The molecule has 0 aliphatic heterocycles. The average Bonchev–Trinajstić information content (AvgIpc) is 2.32. The van der Waals surface area contributed by atoms with E-state index in [9.17, 15) is 9.90 Å². The van der Waals surface area contributed by atoms with Crippen molar-refractivity contribution in [3.63, 3.8) is 0 Å². The number of aliphatic hydroxyl groups is 1. The molecule has 1 aromatic rings. The summed E-state index contributed by atoms with van der Waals surface area (Å²) in [5.41, 5.74) is 0.366. The molecule has 1 heterocycles. The van der Waals surface area contributed by atoms with Crippen molar-refractivity contribution >= 4 is 21.8 Å². The van der Waals surface area contributed by atoms with Crippen LogP contribution in [0.3, 0.4) is 0 Å². The summed E-state index contributed by atoms with van der Waals surface area (Å²) < 4.78 is 0.669. The summed E-state index contributed by atoms with van der Waals surface area (Å²) in [6.07, 6.45) is 4.81. The molecular weight excluding hydrogens is 284 g/mol. The summed E-state index contributed by atoms with van der Waals surface area (Å²) in [6, 6.07) is 3.39. The molecule has 2 atom stereocenters. The Balaban J connectivity index is 2.04. The maximum absolute atomic E-state index is 12.0. The lowest BCUT2D eigenvalue weighted by Crippen LogP contribution is -2.45. The van der Waals surface area contributed by atoms with Crippen LogP contribution < -0.4 is 5.32 Å². The number of nitrogens with zero attached hydrogens (tertiary/aromatic N) is 1. The molecular formula is C12H15BrN2O2. The van der Waals surface area contributed by atoms with Crippen LogP contribution in [0.4, 0.5) is 0 Å². The fourth-order valence-corrected chi connectivity index (χ4v) is 2.50. The molecule has 0 spiro atoms. The van der Waals surface area contributed by atoms with Crippen LogP contribution in [0, 0.1) is 0 Å². The van der Waals surface area contributed by atoms with Gasteiger partial charge in [-0.1, -0.05) is 12.8 Å². The molecule has 92 valence electrons. The highest BCUT2D eigenvalue weighted by molar-refractivity contribution is 9.10. The van der Waals surface area contributed by atoms with Gasteiger partial charge in [-0.2, -0.15) is 0 Å². The molecule has 2 N–H and O–H groups in total. The minimum Gasteiger partial charge on any atom is -0.391 e. The highest BCUT2D eigenvalue weighted by atomic mass is 79.9. The Kier molecular flexibility index (Phi) is 4.12. The zero-order valence-electron chi connectivity index (χ0n) is 9.40. The maximum atomic E-state index is 12.0. The second-order valence-electron chi connectivity index (χ2n) is 4.27. The van der Waals surface area contributed by atoms with Gasteiger partial charge in [0.1, 0.15) is 5.69 Å². The van der Waals surface area contributed by atoms with Gasteiger partial charge in [-0.05, 0) is 40.9 Å². The minimum atomic E-state index is -0.435. The highest BCUT2D eigenvalue weighted by Crippen LogP contribution is 2.19. The van der Waals surface area contributed by atoms with Crippen molar-refractivity contribution in [1.29, 1.82) is 0 Å². The number of hydrogen-bond donors (Lipinski definition) is 2. The monoisotopic (exact) mass is 298 g/mol. The van der Waals surface area contributed by atoms with Crippen LogP contribution in [0.15, 0.2) is 22.8 Å². The van der Waals surface area contributed by atoms with Gasteiger partial charge in [0.05, 0.1) is 12.1 Å². The summed E-state index contributed by atoms with van der Waals surface area (Å²) in [5, 5.41) is 12.6. The first-order valence-electron chi connectivity index (χ1n) is 5.78. The molecule has 1 amide bonds. The number of amides is 1. The fourth-order valence-electron chi connectivity index (χ4n) is 2.07. The van der Waals surface area contributed by atoms with Crippen molar-refractivity contribution in [2.24, 2.45) is 0 Å². The van der Waals surface area contributed by atoms with E-state index in [1.54, 1.807) is 18.3 Å². The number of carbonyl (C=O) groups is 1. The second kappa shape index (κ2) is 5.60. The highest BCUT2D eigenvalue weighted by Gasteiger charge is 2.25. The van der Waals surface area contributed by atoms with Gasteiger partial charge >= 0.3 is 0 Å². The molecule has 0 radical (unpaired) electrons. The van der Waals surface area contributed by atoms with Crippen molar-refractivity contribution in [3.8, 4) is 0 Å². The van der Waals surface area contributed by atoms with E-state index in [0.717, 1.165) is 25.7 Å². The third-order valence-electron chi connectivity index (χ3n) is 3.02. The molecule has 1 saturated carbocycles. The van der Waals surface area contributed by atoms with E-state index in [4.69, 9.17) is 0 Å². The molecule has 4 nitrogen and oxygen atoms in total. The number of halogens is 1. The average molecular weight is 299 g/mol. The number of pyridine rings is 1. The lowest BCUT2D eigenvalue weighted by atomic mass is 9.92. The predicted octanol–water partition coefficient (Wildman–Crippen LogP) is 1.88. The van der Waals surface area contributed by atoms with Gasteiger partial charge in [0.2, 0.25) is 0 Å². The Labute approximate surface area is 109 Å². The van der Waals surface area contributed by atoms with Gasteiger partial charge in [-0.25, -0.2) is 4.98 Å². The van der Waals surface area contributed by atoms with E-state index in [2.05, 4.69) is 26.2 Å². The first-order chi connectivity index (χ1) is 8.18. The Hall–Kier alpha value is -0.940. The molecule has 5 heteroatoms.